The number of hydrogen-bond acceptors (Lipinski definition) is 1. The lowest BCUT2D eigenvalue weighted by Gasteiger charge is -2.09. The van der Waals surface area contributed by atoms with E-state index in [1.54, 1.807) is 0 Å². The molecular formula is C15H11BrO. The van der Waals surface area contributed by atoms with E-state index >= 15 is 0 Å². The molecule has 0 saturated heterocycles. The van der Waals surface area contributed by atoms with Gasteiger partial charge in [-0.2, -0.15) is 0 Å². The number of carbonyl (C=O) groups is 1. The lowest BCUT2D eigenvalue weighted by atomic mass is 9.99. The van der Waals surface area contributed by atoms with Gasteiger partial charge in [0.25, 0.3) is 0 Å². The maximum Gasteiger partial charge on any atom is 0.193 e. The third-order valence-corrected chi connectivity index (χ3v) is 4.02. The first-order valence-electron chi connectivity index (χ1n) is 5.63. The van der Waals surface area contributed by atoms with Crippen LogP contribution in [0.2, 0.25) is 0 Å². The van der Waals surface area contributed by atoms with Crippen LogP contribution in [0, 0.1) is 0 Å². The van der Waals surface area contributed by atoms with Crippen molar-refractivity contribution in [1.29, 1.82) is 0 Å². The molecule has 1 atom stereocenters. The monoisotopic (exact) mass is 286 g/mol. The van der Waals surface area contributed by atoms with Crippen LogP contribution in [-0.4, -0.2) is 5.78 Å². The van der Waals surface area contributed by atoms with E-state index in [1.165, 1.54) is 0 Å². The fourth-order valence-electron chi connectivity index (χ4n) is 2.34. The molecule has 0 heterocycles. The highest BCUT2D eigenvalue weighted by atomic mass is 79.9. The van der Waals surface area contributed by atoms with Crippen LogP contribution in [0.1, 0.15) is 31.9 Å². The predicted octanol–water partition coefficient (Wildman–Crippen LogP) is 3.91. The molecule has 0 unspecified atom stereocenters. The van der Waals surface area contributed by atoms with Gasteiger partial charge < -0.3 is 0 Å². The lowest BCUT2D eigenvalue weighted by molar-refractivity contribution is 0.103. The highest BCUT2D eigenvalue weighted by Gasteiger charge is 2.24. The van der Waals surface area contributed by atoms with Crippen LogP contribution < -0.4 is 0 Å². The Balaban J connectivity index is 2.26. The zero-order valence-electron chi connectivity index (χ0n) is 9.19. The highest BCUT2D eigenvalue weighted by Crippen LogP contribution is 2.35. The smallest absolute Gasteiger partial charge is 0.193 e. The molecule has 1 aliphatic carbocycles. The van der Waals surface area contributed by atoms with E-state index in [9.17, 15) is 4.79 Å². The average molecular weight is 287 g/mol. The van der Waals surface area contributed by atoms with Crippen LogP contribution in [0.3, 0.4) is 0 Å². The minimum atomic E-state index is 0.137. The molecule has 0 aromatic heterocycles. The van der Waals surface area contributed by atoms with Crippen LogP contribution in [-0.2, 0) is 6.42 Å². The van der Waals surface area contributed by atoms with Crippen molar-refractivity contribution in [2.75, 3.05) is 0 Å². The Morgan fingerprint density at radius 2 is 1.59 bits per heavy atom. The molecule has 17 heavy (non-hydrogen) atoms. The summed E-state index contributed by atoms with van der Waals surface area (Å²) in [5.41, 5.74) is 3.87. The van der Waals surface area contributed by atoms with Gasteiger partial charge in [-0.3, -0.25) is 4.79 Å². The number of halogens is 1. The molecule has 3 rings (SSSR count). The van der Waals surface area contributed by atoms with E-state index in [-0.39, 0.29) is 10.6 Å². The summed E-state index contributed by atoms with van der Waals surface area (Å²) < 4.78 is 0. The summed E-state index contributed by atoms with van der Waals surface area (Å²) in [7, 11) is 0. The topological polar surface area (TPSA) is 17.1 Å². The summed E-state index contributed by atoms with van der Waals surface area (Å²) in [6, 6.07) is 15.7. The van der Waals surface area contributed by atoms with Gasteiger partial charge in [-0.1, -0.05) is 64.5 Å². The summed E-state index contributed by atoms with van der Waals surface area (Å²) in [6.07, 6.45) is 0.860. The fraction of sp³-hybridized carbons (Fsp3) is 0.133. The minimum Gasteiger partial charge on any atom is -0.289 e. The van der Waals surface area contributed by atoms with Gasteiger partial charge in [0.15, 0.2) is 5.78 Å². The van der Waals surface area contributed by atoms with Gasteiger partial charge in [-0.25, -0.2) is 0 Å². The quantitative estimate of drug-likeness (QED) is 0.671. The SMILES string of the molecule is O=C1c2ccccc2C[C@@H](Br)c2ccccc21. The van der Waals surface area contributed by atoms with Crippen molar-refractivity contribution >= 4 is 21.7 Å². The molecule has 0 N–H and O–H groups in total. The van der Waals surface area contributed by atoms with Gasteiger partial charge in [0, 0.05) is 16.0 Å². The number of benzene rings is 2. The van der Waals surface area contributed by atoms with Gasteiger partial charge >= 0.3 is 0 Å². The van der Waals surface area contributed by atoms with Crippen molar-refractivity contribution in [1.82, 2.24) is 0 Å². The van der Waals surface area contributed by atoms with Gasteiger partial charge in [0.05, 0.1) is 0 Å². The number of ketones is 1. The molecule has 0 saturated carbocycles. The summed E-state index contributed by atoms with van der Waals surface area (Å²) in [5, 5.41) is 0. The maximum absolute atomic E-state index is 12.5. The van der Waals surface area contributed by atoms with Crippen LogP contribution >= 0.6 is 15.9 Å². The zero-order chi connectivity index (χ0) is 11.8. The van der Waals surface area contributed by atoms with Gasteiger partial charge in [-0.15, -0.1) is 0 Å². The van der Waals surface area contributed by atoms with E-state index in [2.05, 4.69) is 15.9 Å². The number of hydrogen-bond donors (Lipinski definition) is 0. The average Bonchev–Trinajstić information content (AvgIpc) is 2.48. The van der Waals surface area contributed by atoms with Crippen molar-refractivity contribution in [3.8, 4) is 0 Å². The van der Waals surface area contributed by atoms with E-state index in [0.717, 1.165) is 28.7 Å². The van der Waals surface area contributed by atoms with Crippen LogP contribution in [0.4, 0.5) is 0 Å². The van der Waals surface area contributed by atoms with Crippen molar-refractivity contribution in [2.45, 2.75) is 11.2 Å². The molecule has 0 bridgehead atoms. The molecule has 2 heteroatoms. The fourth-order valence-corrected chi connectivity index (χ4v) is 3.09. The molecule has 1 nitrogen and oxygen atoms in total. The number of carbonyl (C=O) groups excluding carboxylic acids is 1. The van der Waals surface area contributed by atoms with Crippen LogP contribution in [0.5, 0.6) is 0 Å². The first-order chi connectivity index (χ1) is 8.27. The van der Waals surface area contributed by atoms with Crippen molar-refractivity contribution in [3.05, 3.63) is 70.8 Å². The number of fused-ring (bicyclic) bond motifs is 2. The van der Waals surface area contributed by atoms with Crippen molar-refractivity contribution in [3.63, 3.8) is 0 Å². The van der Waals surface area contributed by atoms with Gasteiger partial charge in [-0.05, 0) is 17.5 Å². The van der Waals surface area contributed by atoms with E-state index in [4.69, 9.17) is 0 Å². The molecule has 2 aromatic rings. The second-order valence-electron chi connectivity index (χ2n) is 4.25. The Labute approximate surface area is 109 Å². The zero-order valence-corrected chi connectivity index (χ0v) is 10.8. The van der Waals surface area contributed by atoms with E-state index < -0.39 is 0 Å². The molecule has 2 aromatic carbocycles. The van der Waals surface area contributed by atoms with Crippen LogP contribution in [0.25, 0.3) is 0 Å². The Hall–Kier alpha value is -1.41. The Bertz CT molecular complexity index is 589. The normalized spacial score (nSPS) is 18.2. The summed E-state index contributed by atoms with van der Waals surface area (Å²) in [6.45, 7) is 0. The molecular weight excluding hydrogens is 276 g/mol. The molecule has 1 aliphatic rings. The molecule has 84 valence electrons. The molecule has 0 spiro atoms. The summed E-state index contributed by atoms with van der Waals surface area (Å²) in [5.74, 6) is 0.137. The molecule has 0 amide bonds. The first-order valence-corrected chi connectivity index (χ1v) is 6.54. The largest absolute Gasteiger partial charge is 0.289 e. The second kappa shape index (κ2) is 4.11. The lowest BCUT2D eigenvalue weighted by Crippen LogP contribution is -2.03. The van der Waals surface area contributed by atoms with Crippen molar-refractivity contribution < 1.29 is 4.79 Å². The Morgan fingerprint density at radius 1 is 0.941 bits per heavy atom. The first kappa shape index (κ1) is 10.7. The Kier molecular flexibility index (Phi) is 2.60. The van der Waals surface area contributed by atoms with E-state index in [1.807, 2.05) is 48.5 Å². The predicted molar refractivity (Wildman–Crippen MR) is 71.7 cm³/mol. The molecule has 0 aliphatic heterocycles. The van der Waals surface area contributed by atoms with Gasteiger partial charge in [0.2, 0.25) is 0 Å². The molecule has 0 radical (unpaired) electrons. The minimum absolute atomic E-state index is 0.137. The van der Waals surface area contributed by atoms with Crippen LogP contribution in [0.15, 0.2) is 48.5 Å². The second-order valence-corrected chi connectivity index (χ2v) is 5.35. The van der Waals surface area contributed by atoms with Crippen molar-refractivity contribution in [2.24, 2.45) is 0 Å². The third-order valence-electron chi connectivity index (χ3n) is 3.20. The van der Waals surface area contributed by atoms with Gasteiger partial charge in [0.1, 0.15) is 0 Å². The maximum atomic E-state index is 12.5. The van der Waals surface area contributed by atoms with E-state index in [0.29, 0.717) is 0 Å². The summed E-state index contributed by atoms with van der Waals surface area (Å²) >= 11 is 3.68. The summed E-state index contributed by atoms with van der Waals surface area (Å²) in [4.78, 5) is 12.7. The Morgan fingerprint density at radius 3 is 2.41 bits per heavy atom. The number of alkyl halides is 1. The third kappa shape index (κ3) is 1.73. The molecule has 0 fully saturated rings. The highest BCUT2D eigenvalue weighted by molar-refractivity contribution is 9.09. The standard InChI is InChI=1S/C15H11BrO/c16-14-9-10-5-1-2-6-11(10)15(17)13-8-4-3-7-12(13)14/h1-8,14H,9H2/t14-/m1/s1. The number of rotatable bonds is 0.